The summed E-state index contributed by atoms with van der Waals surface area (Å²) in [6, 6.07) is 9.21. The van der Waals surface area contributed by atoms with Gasteiger partial charge in [0.25, 0.3) is 5.56 Å². The van der Waals surface area contributed by atoms with Gasteiger partial charge in [0.1, 0.15) is 5.82 Å². The summed E-state index contributed by atoms with van der Waals surface area (Å²) in [6.07, 6.45) is 1.72. The van der Waals surface area contributed by atoms with Crippen LogP contribution < -0.4 is 16.3 Å². The molecule has 1 N–H and O–H groups in total. The molecule has 0 saturated carbocycles. The van der Waals surface area contributed by atoms with Gasteiger partial charge in [0.15, 0.2) is 0 Å². The van der Waals surface area contributed by atoms with Crippen molar-refractivity contribution in [2.24, 2.45) is 12.1 Å². The lowest BCUT2D eigenvalue weighted by molar-refractivity contribution is 0.756. The molecule has 0 amide bonds. The van der Waals surface area contributed by atoms with E-state index >= 15 is 0 Å². The summed E-state index contributed by atoms with van der Waals surface area (Å²) in [7, 11) is 1.43. The van der Waals surface area contributed by atoms with Gasteiger partial charge in [-0.2, -0.15) is 5.10 Å². The van der Waals surface area contributed by atoms with Gasteiger partial charge in [-0.05, 0) is 25.0 Å². The number of H-pyrrole nitrogens is 1. The second kappa shape index (κ2) is 6.21. The molecule has 0 aliphatic rings. The van der Waals surface area contributed by atoms with E-state index in [1.807, 2.05) is 38.1 Å². The van der Waals surface area contributed by atoms with Crippen molar-refractivity contribution in [2.75, 3.05) is 11.6 Å². The topological polar surface area (TPSA) is 70.5 Å². The van der Waals surface area contributed by atoms with Gasteiger partial charge in [0, 0.05) is 19.7 Å². The number of hydrogen-bond donors (Lipinski definition) is 1. The first-order chi connectivity index (χ1) is 10.0. The number of aromatic amines is 1. The maximum atomic E-state index is 11.7. The van der Waals surface area contributed by atoms with E-state index in [9.17, 15) is 9.59 Å². The fourth-order valence-electron chi connectivity index (χ4n) is 1.86. The highest BCUT2D eigenvalue weighted by atomic mass is 16.2. The fourth-order valence-corrected chi connectivity index (χ4v) is 1.86. The first-order valence-electron chi connectivity index (χ1n) is 6.70. The molecule has 1 heterocycles. The summed E-state index contributed by atoms with van der Waals surface area (Å²) in [4.78, 5) is 25.9. The highest BCUT2D eigenvalue weighted by Gasteiger charge is 2.06. The highest BCUT2D eigenvalue weighted by Crippen LogP contribution is 2.08. The minimum absolute atomic E-state index is 0.363. The lowest BCUT2D eigenvalue weighted by atomic mass is 10.1. The monoisotopic (exact) mass is 286 g/mol. The average molecular weight is 286 g/mol. The molecule has 21 heavy (non-hydrogen) atoms. The summed E-state index contributed by atoms with van der Waals surface area (Å²) in [5.74, 6) is 0.385. The van der Waals surface area contributed by atoms with Crippen LogP contribution in [0.4, 0.5) is 5.82 Å². The molecule has 6 heteroatoms. The SMILES string of the molecule is CCN(N=Cc1ccccc1C)c1cc(=O)n(C)c(=O)[nH]1. The Hall–Kier alpha value is -2.63. The second-order valence-corrected chi connectivity index (χ2v) is 4.67. The average Bonchev–Trinajstić information content (AvgIpc) is 2.47. The third kappa shape index (κ3) is 3.28. The van der Waals surface area contributed by atoms with Crippen molar-refractivity contribution in [1.82, 2.24) is 9.55 Å². The van der Waals surface area contributed by atoms with Crippen molar-refractivity contribution in [2.45, 2.75) is 13.8 Å². The Morgan fingerprint density at radius 3 is 2.67 bits per heavy atom. The van der Waals surface area contributed by atoms with E-state index in [4.69, 9.17) is 0 Å². The van der Waals surface area contributed by atoms with Crippen molar-refractivity contribution in [1.29, 1.82) is 0 Å². The van der Waals surface area contributed by atoms with Crippen molar-refractivity contribution < 1.29 is 0 Å². The maximum Gasteiger partial charge on any atom is 0.329 e. The predicted molar refractivity (Wildman–Crippen MR) is 84.1 cm³/mol. The number of anilines is 1. The number of aryl methyl sites for hydroxylation is 1. The number of hydrazone groups is 1. The van der Waals surface area contributed by atoms with E-state index in [-0.39, 0.29) is 5.56 Å². The first-order valence-corrected chi connectivity index (χ1v) is 6.70. The molecular weight excluding hydrogens is 268 g/mol. The number of rotatable bonds is 4. The lowest BCUT2D eigenvalue weighted by Gasteiger charge is -2.16. The first kappa shape index (κ1) is 14.8. The van der Waals surface area contributed by atoms with Gasteiger partial charge >= 0.3 is 5.69 Å². The van der Waals surface area contributed by atoms with E-state index < -0.39 is 5.69 Å². The molecule has 1 aromatic heterocycles. The van der Waals surface area contributed by atoms with E-state index in [1.165, 1.54) is 13.1 Å². The third-order valence-electron chi connectivity index (χ3n) is 3.23. The maximum absolute atomic E-state index is 11.7. The summed E-state index contributed by atoms with van der Waals surface area (Å²) in [5, 5.41) is 5.92. The van der Waals surface area contributed by atoms with Gasteiger partial charge in [-0.25, -0.2) is 9.80 Å². The van der Waals surface area contributed by atoms with Crippen molar-refractivity contribution in [3.8, 4) is 0 Å². The number of aromatic nitrogens is 2. The number of nitrogens with zero attached hydrogens (tertiary/aromatic N) is 3. The Kier molecular flexibility index (Phi) is 4.37. The molecule has 110 valence electrons. The summed E-state index contributed by atoms with van der Waals surface area (Å²) >= 11 is 0. The Morgan fingerprint density at radius 2 is 2.05 bits per heavy atom. The van der Waals surface area contributed by atoms with E-state index in [0.29, 0.717) is 12.4 Å². The second-order valence-electron chi connectivity index (χ2n) is 4.67. The van der Waals surface area contributed by atoms with E-state index in [1.54, 1.807) is 11.2 Å². The van der Waals surface area contributed by atoms with Crippen LogP contribution in [0.1, 0.15) is 18.1 Å². The quantitative estimate of drug-likeness (QED) is 0.679. The smallest absolute Gasteiger partial charge is 0.292 e. The molecule has 2 aromatic rings. The van der Waals surface area contributed by atoms with Gasteiger partial charge < -0.3 is 0 Å². The molecular formula is C15H18N4O2. The molecule has 0 aliphatic heterocycles. The van der Waals surface area contributed by atoms with Crippen LogP contribution in [0.15, 0.2) is 45.0 Å². The molecule has 0 saturated heterocycles. The molecule has 0 spiro atoms. The summed E-state index contributed by atoms with van der Waals surface area (Å²) < 4.78 is 1.02. The molecule has 0 atom stereocenters. The molecule has 0 unspecified atom stereocenters. The van der Waals surface area contributed by atoms with Crippen molar-refractivity contribution in [3.63, 3.8) is 0 Å². The highest BCUT2D eigenvalue weighted by molar-refractivity contribution is 5.82. The summed E-state index contributed by atoms with van der Waals surface area (Å²) in [5.41, 5.74) is 1.28. The van der Waals surface area contributed by atoms with Crippen LogP contribution in [0.25, 0.3) is 0 Å². The zero-order chi connectivity index (χ0) is 15.4. The minimum atomic E-state index is -0.456. The van der Waals surface area contributed by atoms with Gasteiger partial charge in [0.2, 0.25) is 0 Å². The molecule has 1 aromatic carbocycles. The molecule has 0 bridgehead atoms. The number of benzene rings is 1. The van der Waals surface area contributed by atoms with Gasteiger partial charge in [-0.1, -0.05) is 24.3 Å². The van der Waals surface area contributed by atoms with Crippen LogP contribution in [0, 0.1) is 6.92 Å². The molecule has 2 rings (SSSR count). The van der Waals surface area contributed by atoms with Crippen LogP contribution in [0.3, 0.4) is 0 Å². The Bertz CT molecular complexity index is 742. The Labute approximate surface area is 122 Å². The zero-order valence-electron chi connectivity index (χ0n) is 12.3. The lowest BCUT2D eigenvalue weighted by Crippen LogP contribution is -2.34. The van der Waals surface area contributed by atoms with Crippen molar-refractivity contribution in [3.05, 3.63) is 62.3 Å². The van der Waals surface area contributed by atoms with Gasteiger partial charge in [-0.3, -0.25) is 14.3 Å². The normalized spacial score (nSPS) is 11.0. The van der Waals surface area contributed by atoms with Crippen LogP contribution in [0.5, 0.6) is 0 Å². The molecule has 6 nitrogen and oxygen atoms in total. The van der Waals surface area contributed by atoms with Crippen LogP contribution >= 0.6 is 0 Å². The van der Waals surface area contributed by atoms with Crippen molar-refractivity contribution >= 4 is 12.0 Å². The van der Waals surface area contributed by atoms with Gasteiger partial charge in [0.05, 0.1) is 6.21 Å². The standard InChI is InChI=1S/C15H18N4O2/c1-4-19(13-9-14(20)18(3)15(21)17-13)16-10-12-8-6-5-7-11(12)2/h5-10H,4H2,1-3H3,(H,17,21). The van der Waals surface area contributed by atoms with Crippen LogP contribution in [-0.4, -0.2) is 22.3 Å². The minimum Gasteiger partial charge on any atom is -0.292 e. The Balaban J connectivity index is 2.35. The molecule has 0 radical (unpaired) electrons. The van der Waals surface area contributed by atoms with Crippen LogP contribution in [0.2, 0.25) is 0 Å². The third-order valence-corrected chi connectivity index (χ3v) is 3.23. The van der Waals surface area contributed by atoms with Gasteiger partial charge in [-0.15, -0.1) is 0 Å². The van der Waals surface area contributed by atoms with E-state index in [0.717, 1.165) is 15.7 Å². The molecule has 0 aliphatic carbocycles. The predicted octanol–water partition coefficient (Wildman–Crippen LogP) is 1.24. The Morgan fingerprint density at radius 1 is 1.33 bits per heavy atom. The fraction of sp³-hybridized carbons (Fsp3) is 0.267. The zero-order valence-corrected chi connectivity index (χ0v) is 12.3. The number of hydrogen-bond acceptors (Lipinski definition) is 4. The van der Waals surface area contributed by atoms with Crippen LogP contribution in [-0.2, 0) is 7.05 Å². The summed E-state index contributed by atoms with van der Waals surface area (Å²) in [6.45, 7) is 4.42. The largest absolute Gasteiger partial charge is 0.329 e. The molecule has 0 fully saturated rings. The van der Waals surface area contributed by atoms with E-state index in [2.05, 4.69) is 10.1 Å². The number of nitrogens with one attached hydrogen (secondary N) is 1.